The van der Waals surface area contributed by atoms with Crippen LogP contribution in [0.4, 0.5) is 9.59 Å². The molecular weight excluding hydrogens is 456 g/mol. The number of benzene rings is 3. The summed E-state index contributed by atoms with van der Waals surface area (Å²) in [6.45, 7) is 7.08. The van der Waals surface area contributed by atoms with Crippen LogP contribution in [0.1, 0.15) is 38.3 Å². The average Bonchev–Trinajstić information content (AvgIpc) is 2.86. The molecule has 0 saturated heterocycles. The third kappa shape index (κ3) is 9.70. The Hall–Kier alpha value is -4.00. The minimum atomic E-state index is -0.527. The van der Waals surface area contributed by atoms with Crippen LogP contribution in [-0.2, 0) is 22.6 Å². The molecule has 3 aromatic rings. The quantitative estimate of drug-likeness (QED) is 0.337. The van der Waals surface area contributed by atoms with Crippen molar-refractivity contribution in [2.75, 3.05) is 13.2 Å². The minimum absolute atomic E-state index is 0.249. The summed E-state index contributed by atoms with van der Waals surface area (Å²) in [6, 6.07) is 25.4. The van der Waals surface area contributed by atoms with Crippen molar-refractivity contribution in [3.05, 3.63) is 90.0 Å². The molecule has 0 unspecified atom stereocenters. The largest absolute Gasteiger partial charge is 0.494 e. The molecule has 3 aromatic carbocycles. The molecule has 0 spiro atoms. The van der Waals surface area contributed by atoms with Gasteiger partial charge in [-0.3, -0.25) is 0 Å². The number of hydrogen-bond acceptors (Lipinski definition) is 5. The number of carbonyl (C=O) groups is 2. The van der Waals surface area contributed by atoms with Crippen molar-refractivity contribution in [3.8, 4) is 16.9 Å². The van der Waals surface area contributed by atoms with Crippen LogP contribution in [0.15, 0.2) is 78.9 Å². The van der Waals surface area contributed by atoms with Crippen LogP contribution in [-0.4, -0.2) is 30.9 Å². The molecule has 0 aliphatic rings. The van der Waals surface area contributed by atoms with Gasteiger partial charge >= 0.3 is 12.2 Å². The molecule has 0 radical (unpaired) electrons. The molecule has 0 bridgehead atoms. The molecule has 0 heterocycles. The van der Waals surface area contributed by atoms with Gasteiger partial charge in [-0.25, -0.2) is 9.59 Å². The van der Waals surface area contributed by atoms with Crippen LogP contribution in [0.25, 0.3) is 11.1 Å². The number of nitrogens with one attached hydrogen (secondary N) is 2. The molecule has 2 N–H and O–H groups in total. The fraction of sp³-hybridized carbons (Fsp3) is 0.310. The van der Waals surface area contributed by atoms with Gasteiger partial charge in [-0.2, -0.15) is 0 Å². The normalized spacial score (nSPS) is 10.9. The first-order valence-corrected chi connectivity index (χ1v) is 12.0. The van der Waals surface area contributed by atoms with E-state index in [4.69, 9.17) is 14.2 Å². The Balaban J connectivity index is 1.37. The van der Waals surface area contributed by atoms with Gasteiger partial charge in [0.25, 0.3) is 0 Å². The zero-order valence-electron chi connectivity index (χ0n) is 21.1. The summed E-state index contributed by atoms with van der Waals surface area (Å²) in [4.78, 5) is 23.7. The lowest BCUT2D eigenvalue weighted by Gasteiger charge is -2.19. The third-order valence-electron chi connectivity index (χ3n) is 5.02. The van der Waals surface area contributed by atoms with E-state index in [1.54, 1.807) is 0 Å². The Kier molecular flexibility index (Phi) is 9.74. The molecule has 190 valence electrons. The molecule has 0 atom stereocenters. The fourth-order valence-electron chi connectivity index (χ4n) is 3.32. The van der Waals surface area contributed by atoms with Crippen molar-refractivity contribution in [1.82, 2.24) is 10.6 Å². The highest BCUT2D eigenvalue weighted by Gasteiger charge is 2.15. The summed E-state index contributed by atoms with van der Waals surface area (Å²) in [5.41, 5.74) is 3.49. The Morgan fingerprint density at radius 1 is 0.778 bits per heavy atom. The molecule has 36 heavy (non-hydrogen) atoms. The zero-order valence-corrected chi connectivity index (χ0v) is 21.1. The van der Waals surface area contributed by atoms with Crippen molar-refractivity contribution < 1.29 is 23.8 Å². The third-order valence-corrected chi connectivity index (χ3v) is 5.02. The number of amides is 2. The van der Waals surface area contributed by atoms with Crippen molar-refractivity contribution >= 4 is 12.2 Å². The van der Waals surface area contributed by atoms with Gasteiger partial charge in [0.05, 0.1) is 6.61 Å². The van der Waals surface area contributed by atoms with Crippen LogP contribution in [0.2, 0.25) is 0 Å². The predicted octanol–water partition coefficient (Wildman–Crippen LogP) is 6.07. The number of alkyl carbamates (subject to hydrolysis) is 2. The Labute approximate surface area is 212 Å². The lowest BCUT2D eigenvalue weighted by atomic mass is 10.0. The van der Waals surface area contributed by atoms with Gasteiger partial charge in [0.1, 0.15) is 18.0 Å². The molecule has 0 aliphatic carbocycles. The van der Waals surface area contributed by atoms with E-state index in [0.717, 1.165) is 28.0 Å². The second-order valence-corrected chi connectivity index (χ2v) is 9.27. The van der Waals surface area contributed by atoms with Crippen molar-refractivity contribution in [3.63, 3.8) is 0 Å². The van der Waals surface area contributed by atoms with Crippen LogP contribution in [0, 0.1) is 0 Å². The first kappa shape index (κ1) is 26.6. The standard InChI is InChI=1S/C29H34N2O5/c1-29(2,3)36-28(33)31-20-23-11-7-12-25(19-23)24-13-15-26(16-14-24)34-18-8-17-30-27(32)35-21-22-9-5-4-6-10-22/h4-7,9-16,19H,8,17-18,20-21H2,1-3H3,(H,30,32)(H,31,33). The summed E-state index contributed by atoms with van der Waals surface area (Å²) in [6.07, 6.45) is -0.213. The first-order valence-electron chi connectivity index (χ1n) is 12.0. The number of rotatable bonds is 10. The van der Waals surface area contributed by atoms with E-state index in [-0.39, 0.29) is 6.61 Å². The highest BCUT2D eigenvalue weighted by molar-refractivity contribution is 5.68. The summed E-state index contributed by atoms with van der Waals surface area (Å²) < 4.78 is 16.3. The number of hydrogen-bond donors (Lipinski definition) is 2. The first-order chi connectivity index (χ1) is 17.3. The maximum atomic E-state index is 11.9. The van der Waals surface area contributed by atoms with E-state index >= 15 is 0 Å². The van der Waals surface area contributed by atoms with Crippen LogP contribution in [0.3, 0.4) is 0 Å². The summed E-state index contributed by atoms with van der Waals surface area (Å²) in [5, 5.41) is 5.51. The Morgan fingerprint density at radius 3 is 2.22 bits per heavy atom. The van der Waals surface area contributed by atoms with Crippen molar-refractivity contribution in [2.24, 2.45) is 0 Å². The number of ether oxygens (including phenoxy) is 3. The topological polar surface area (TPSA) is 85.9 Å². The lowest BCUT2D eigenvalue weighted by molar-refractivity contribution is 0.0523. The molecule has 0 aromatic heterocycles. The van der Waals surface area contributed by atoms with Gasteiger partial charge in [0.15, 0.2) is 0 Å². The second kappa shape index (κ2) is 13.2. The molecule has 0 fully saturated rings. The molecule has 0 aliphatic heterocycles. The SMILES string of the molecule is CC(C)(C)OC(=O)NCc1cccc(-c2ccc(OCCCNC(=O)OCc3ccccc3)cc2)c1. The van der Waals surface area contributed by atoms with E-state index in [2.05, 4.69) is 10.6 Å². The van der Waals surface area contributed by atoms with Gasteiger partial charge in [-0.15, -0.1) is 0 Å². The van der Waals surface area contributed by atoms with Crippen molar-refractivity contribution in [1.29, 1.82) is 0 Å². The molecule has 3 rings (SSSR count). The molecule has 2 amide bonds. The lowest BCUT2D eigenvalue weighted by Crippen LogP contribution is -2.32. The van der Waals surface area contributed by atoms with Crippen LogP contribution < -0.4 is 15.4 Å². The average molecular weight is 491 g/mol. The Morgan fingerprint density at radius 2 is 1.50 bits per heavy atom. The molecule has 0 saturated carbocycles. The van der Waals surface area contributed by atoms with Crippen LogP contribution in [0.5, 0.6) is 5.75 Å². The summed E-state index contributed by atoms with van der Waals surface area (Å²) >= 11 is 0. The summed E-state index contributed by atoms with van der Waals surface area (Å²) in [7, 11) is 0. The fourth-order valence-corrected chi connectivity index (χ4v) is 3.32. The summed E-state index contributed by atoms with van der Waals surface area (Å²) in [5.74, 6) is 0.758. The van der Waals surface area contributed by atoms with Gasteiger partial charge in [-0.05, 0) is 67.6 Å². The highest BCUT2D eigenvalue weighted by Crippen LogP contribution is 2.23. The monoisotopic (exact) mass is 490 g/mol. The van der Waals surface area contributed by atoms with Gasteiger partial charge in [0.2, 0.25) is 0 Å². The maximum absolute atomic E-state index is 11.9. The van der Waals surface area contributed by atoms with E-state index in [0.29, 0.717) is 26.1 Å². The van der Waals surface area contributed by atoms with Gasteiger partial charge in [0, 0.05) is 13.1 Å². The maximum Gasteiger partial charge on any atom is 0.407 e. The highest BCUT2D eigenvalue weighted by atomic mass is 16.6. The molecular formula is C29H34N2O5. The predicted molar refractivity (Wildman–Crippen MR) is 140 cm³/mol. The molecule has 7 nitrogen and oxygen atoms in total. The minimum Gasteiger partial charge on any atom is -0.494 e. The zero-order chi connectivity index (χ0) is 25.8. The second-order valence-electron chi connectivity index (χ2n) is 9.27. The number of carbonyl (C=O) groups excluding carboxylic acids is 2. The van der Waals surface area contributed by atoms with Crippen molar-refractivity contribution in [2.45, 2.75) is 45.9 Å². The van der Waals surface area contributed by atoms with Gasteiger partial charge in [-0.1, -0.05) is 60.7 Å². The smallest absolute Gasteiger partial charge is 0.407 e. The van der Waals surface area contributed by atoms with Crippen LogP contribution >= 0.6 is 0 Å². The van der Waals surface area contributed by atoms with Gasteiger partial charge < -0.3 is 24.8 Å². The Bertz CT molecular complexity index is 1110. The van der Waals surface area contributed by atoms with E-state index in [9.17, 15) is 9.59 Å². The van der Waals surface area contributed by atoms with E-state index in [1.165, 1.54) is 0 Å². The molecule has 7 heteroatoms. The van der Waals surface area contributed by atoms with E-state index in [1.807, 2.05) is 99.6 Å². The van der Waals surface area contributed by atoms with E-state index < -0.39 is 17.8 Å².